The van der Waals surface area contributed by atoms with Crippen molar-refractivity contribution in [3.8, 4) is 0 Å². The Morgan fingerprint density at radius 2 is 1.25 bits per heavy atom. The molecule has 0 amide bonds. The van der Waals surface area contributed by atoms with Gasteiger partial charge in [-0.2, -0.15) is 0 Å². The number of hydrogen-bond donors (Lipinski definition) is 4. The molecule has 2 aliphatic carbocycles. The third kappa shape index (κ3) is 9.55. The summed E-state index contributed by atoms with van der Waals surface area (Å²) < 4.78 is 14.7. The maximum Gasteiger partial charge on any atom is 0.347 e. The molecule has 0 unspecified atom stereocenters. The van der Waals surface area contributed by atoms with Gasteiger partial charge in [0, 0.05) is 24.5 Å². The number of benzene rings is 2. The summed E-state index contributed by atoms with van der Waals surface area (Å²) in [6.45, 7) is 5.60. The molecule has 55 heavy (non-hydrogen) atoms. The van der Waals surface area contributed by atoms with Crippen molar-refractivity contribution in [1.29, 1.82) is 0 Å². The smallest absolute Gasteiger partial charge is 0.347 e. The van der Waals surface area contributed by atoms with Crippen molar-refractivity contribution in [2.45, 2.75) is 58.5 Å². The zero-order valence-electron chi connectivity index (χ0n) is 31.0. The van der Waals surface area contributed by atoms with Crippen LogP contribution < -0.4 is 21.4 Å². The number of carbonyl (C=O) groups excluding carboxylic acids is 3. The predicted molar refractivity (Wildman–Crippen MR) is 210 cm³/mol. The maximum absolute atomic E-state index is 12.6. The van der Waals surface area contributed by atoms with Crippen LogP contribution in [0.15, 0.2) is 102 Å². The molecule has 0 radical (unpaired) electrons. The Morgan fingerprint density at radius 3 is 1.76 bits per heavy atom. The number of ether oxygens (including phenoxy) is 3. The fourth-order valence-corrected chi connectivity index (χ4v) is 6.61. The average molecular weight is 745 g/mol. The number of hydrogen-bond acceptors (Lipinski definition) is 12. The van der Waals surface area contributed by atoms with Gasteiger partial charge in [-0.05, 0) is 93.0 Å². The van der Waals surface area contributed by atoms with Crippen LogP contribution >= 0.6 is 0 Å². The van der Waals surface area contributed by atoms with Crippen molar-refractivity contribution >= 4 is 46.3 Å². The number of esters is 3. The molecule has 2 aliphatic rings. The summed E-state index contributed by atoms with van der Waals surface area (Å²) in [6.07, 6.45) is 8.10. The lowest BCUT2D eigenvalue weighted by Crippen LogP contribution is -2.22. The van der Waals surface area contributed by atoms with E-state index in [1.54, 1.807) is 33.0 Å². The van der Waals surface area contributed by atoms with E-state index >= 15 is 0 Å². The Bertz CT molecular complexity index is 2180. The second-order valence-electron chi connectivity index (χ2n) is 13.0. The van der Waals surface area contributed by atoms with E-state index in [0.717, 1.165) is 31.5 Å². The molecule has 0 bridgehead atoms. The molecule has 0 fully saturated rings. The van der Waals surface area contributed by atoms with E-state index in [2.05, 4.69) is 67.3 Å². The van der Waals surface area contributed by atoms with Crippen LogP contribution in [0.25, 0.3) is 11.0 Å². The van der Waals surface area contributed by atoms with Crippen molar-refractivity contribution < 1.29 is 28.6 Å². The monoisotopic (exact) mass is 744 g/mol. The molecule has 0 saturated carbocycles. The van der Waals surface area contributed by atoms with Gasteiger partial charge < -0.3 is 35.1 Å². The first-order chi connectivity index (χ1) is 26.8. The minimum Gasteiger partial charge on any atom is -0.462 e. The predicted octanol–water partition coefficient (Wildman–Crippen LogP) is 5.76. The standard InChI is InChI=1S/C22H25N3O4.C20H19N3O3/c1-3-28-21(26)19(22(27)29-4-2)14-23-17-9-10-20(24-13-17)25-18-11-15-7-5-6-8-16(15)12-18;1-2-26-20(25)15-11-21-16-7-8-17(23-18(16)19(15)24)22-14-9-12-5-3-4-6-13(12)10-14/h5-10,13-14,18,23H,3-4,11-12H2,1-2H3,(H,24,25);3-8,11,14H,2,9-10H2,1H3,(H,21,24)(H,22,23). The number of H-pyrrole nitrogens is 1. The second-order valence-corrected chi connectivity index (χ2v) is 13.0. The van der Waals surface area contributed by atoms with Crippen LogP contribution in [0.3, 0.4) is 0 Å². The molecule has 7 rings (SSSR count). The van der Waals surface area contributed by atoms with Crippen molar-refractivity contribution in [2.75, 3.05) is 35.8 Å². The summed E-state index contributed by atoms with van der Waals surface area (Å²) in [4.78, 5) is 60.2. The molecular weight excluding hydrogens is 700 g/mol. The lowest BCUT2D eigenvalue weighted by Gasteiger charge is -2.13. The number of pyridine rings is 3. The highest BCUT2D eigenvalue weighted by Crippen LogP contribution is 2.25. The van der Waals surface area contributed by atoms with Crippen molar-refractivity contribution in [2.24, 2.45) is 0 Å². The molecule has 3 heterocycles. The van der Waals surface area contributed by atoms with Crippen LogP contribution in [0, 0.1) is 0 Å². The number of nitrogens with zero attached hydrogens (tertiary/aromatic N) is 2. The zero-order valence-corrected chi connectivity index (χ0v) is 31.0. The highest BCUT2D eigenvalue weighted by Gasteiger charge is 2.23. The first kappa shape index (κ1) is 38.2. The Kier molecular flexibility index (Phi) is 12.5. The summed E-state index contributed by atoms with van der Waals surface area (Å²) in [6, 6.07) is 24.7. The summed E-state index contributed by atoms with van der Waals surface area (Å²) in [5, 5.41) is 9.75. The molecule has 0 aliphatic heterocycles. The van der Waals surface area contributed by atoms with E-state index in [-0.39, 0.29) is 42.5 Å². The average Bonchev–Trinajstić information content (AvgIpc) is 3.79. The molecule has 5 aromatic rings. The largest absolute Gasteiger partial charge is 0.462 e. The highest BCUT2D eigenvalue weighted by molar-refractivity contribution is 6.14. The Labute approximate surface area is 318 Å². The van der Waals surface area contributed by atoms with E-state index in [1.165, 1.54) is 34.7 Å². The molecular formula is C42H44N6O7. The number of carbonyl (C=O) groups is 3. The van der Waals surface area contributed by atoms with Gasteiger partial charge in [-0.3, -0.25) is 4.79 Å². The fraction of sp³-hybridized carbons (Fsp3) is 0.286. The fourth-order valence-electron chi connectivity index (χ4n) is 6.61. The quantitative estimate of drug-likeness (QED) is 0.0401. The molecule has 0 spiro atoms. The van der Waals surface area contributed by atoms with E-state index < -0.39 is 23.3 Å². The number of anilines is 3. The van der Waals surface area contributed by atoms with Gasteiger partial charge in [0.2, 0.25) is 5.43 Å². The maximum atomic E-state index is 12.6. The summed E-state index contributed by atoms with van der Waals surface area (Å²) in [7, 11) is 0. The van der Waals surface area contributed by atoms with Gasteiger partial charge in [0.1, 0.15) is 22.7 Å². The molecule has 4 N–H and O–H groups in total. The summed E-state index contributed by atoms with van der Waals surface area (Å²) in [5.41, 5.74) is 6.24. The van der Waals surface area contributed by atoms with Crippen LogP contribution in [0.2, 0.25) is 0 Å². The van der Waals surface area contributed by atoms with E-state index in [4.69, 9.17) is 14.2 Å². The number of rotatable bonds is 12. The van der Waals surface area contributed by atoms with Crippen LogP contribution in [-0.4, -0.2) is 64.8 Å². The second kappa shape index (κ2) is 18.0. The minimum absolute atomic E-state index is 0.0303. The van der Waals surface area contributed by atoms with Crippen molar-refractivity contribution in [1.82, 2.24) is 15.0 Å². The SMILES string of the molecule is CCOC(=O)C(=CNc1ccc(NC2Cc3ccccc3C2)nc1)C(=O)OCC.CCOC(=O)c1c[nH]c2ccc(NC3Cc4ccccc4C3)nc2c1=O. The molecule has 13 heteroatoms. The van der Waals surface area contributed by atoms with Crippen LogP contribution in [0.1, 0.15) is 53.4 Å². The van der Waals surface area contributed by atoms with Gasteiger partial charge in [-0.1, -0.05) is 48.5 Å². The van der Waals surface area contributed by atoms with E-state index in [9.17, 15) is 19.2 Å². The van der Waals surface area contributed by atoms with Crippen LogP contribution in [0.5, 0.6) is 0 Å². The highest BCUT2D eigenvalue weighted by atomic mass is 16.6. The zero-order chi connectivity index (χ0) is 38.7. The van der Waals surface area contributed by atoms with Crippen LogP contribution in [-0.2, 0) is 49.5 Å². The van der Waals surface area contributed by atoms with Gasteiger partial charge in [0.05, 0.1) is 37.2 Å². The first-order valence-electron chi connectivity index (χ1n) is 18.4. The third-order valence-corrected chi connectivity index (χ3v) is 9.17. The molecule has 0 atom stereocenters. The number of aromatic nitrogens is 3. The normalized spacial score (nSPS) is 13.1. The van der Waals surface area contributed by atoms with Crippen LogP contribution in [0.4, 0.5) is 17.3 Å². The van der Waals surface area contributed by atoms with Gasteiger partial charge in [0.15, 0.2) is 5.57 Å². The Morgan fingerprint density at radius 1 is 0.727 bits per heavy atom. The van der Waals surface area contributed by atoms with Gasteiger partial charge in [-0.25, -0.2) is 24.4 Å². The van der Waals surface area contributed by atoms with E-state index in [1.807, 2.05) is 30.3 Å². The molecule has 2 aromatic carbocycles. The Balaban J connectivity index is 0.000000188. The topological polar surface area (TPSA) is 174 Å². The number of fused-ring (bicyclic) bond motifs is 3. The molecule has 3 aromatic heterocycles. The van der Waals surface area contributed by atoms with Gasteiger partial charge in [0.25, 0.3) is 0 Å². The Hall–Kier alpha value is -6.50. The summed E-state index contributed by atoms with van der Waals surface area (Å²) >= 11 is 0. The van der Waals surface area contributed by atoms with Gasteiger partial charge in [-0.15, -0.1) is 0 Å². The van der Waals surface area contributed by atoms with Gasteiger partial charge >= 0.3 is 17.9 Å². The van der Waals surface area contributed by atoms with Crippen molar-refractivity contribution in [3.05, 3.63) is 135 Å². The van der Waals surface area contributed by atoms with E-state index in [0.29, 0.717) is 23.1 Å². The first-order valence-corrected chi connectivity index (χ1v) is 18.4. The summed E-state index contributed by atoms with van der Waals surface area (Å²) in [5.74, 6) is -0.701. The lowest BCUT2D eigenvalue weighted by molar-refractivity contribution is -0.146. The lowest BCUT2D eigenvalue weighted by atomic mass is 10.1. The number of aromatic amines is 1. The molecule has 0 saturated heterocycles. The van der Waals surface area contributed by atoms with Crippen molar-refractivity contribution in [3.63, 3.8) is 0 Å². The minimum atomic E-state index is -0.731. The molecule has 284 valence electrons. The number of nitrogens with one attached hydrogen (secondary N) is 4. The molecule has 13 nitrogen and oxygen atoms in total. The third-order valence-electron chi connectivity index (χ3n) is 9.17.